The Hall–Kier alpha value is -3.46. The van der Waals surface area contributed by atoms with E-state index in [9.17, 15) is 14.0 Å². The fraction of sp³-hybridized carbons (Fsp3) is 0.304. The Kier molecular flexibility index (Phi) is 9.81. The molecule has 0 saturated heterocycles. The number of rotatable bonds is 11. The van der Waals surface area contributed by atoms with Gasteiger partial charge in [-0.1, -0.05) is 36.4 Å². The Balaban J connectivity index is 2.53. The molecular weight excluding hydrogens is 449 g/mol. The van der Waals surface area contributed by atoms with Gasteiger partial charge in [0.1, 0.15) is 0 Å². The number of hydrogen-bond donors (Lipinski definition) is 1. The molecule has 8 nitrogen and oxygen atoms in total. The molecule has 0 saturated carbocycles. The van der Waals surface area contributed by atoms with Crippen LogP contribution in [0.2, 0.25) is 0 Å². The van der Waals surface area contributed by atoms with E-state index in [0.717, 1.165) is 4.57 Å². The minimum Gasteiger partial charge on any atom is -0.488 e. The number of allylic oxidation sites excluding steroid dienone is 4. The number of nitrogens with one attached hydrogen (secondary N) is 1. The number of aromatic nitrogens is 3. The lowest BCUT2D eigenvalue weighted by molar-refractivity contribution is 0.231. The highest BCUT2D eigenvalue weighted by molar-refractivity contribution is 6.25. The Bertz CT molecular complexity index is 1180. The van der Waals surface area contributed by atoms with Crippen LogP contribution in [0.4, 0.5) is 16.0 Å². The number of halogens is 2. The zero-order valence-corrected chi connectivity index (χ0v) is 19.6. The summed E-state index contributed by atoms with van der Waals surface area (Å²) >= 11 is 5.60. The summed E-state index contributed by atoms with van der Waals surface area (Å²) in [6, 6.07) is 4.24. The number of aliphatic imine (C=N–C) groups is 1. The van der Waals surface area contributed by atoms with E-state index in [4.69, 9.17) is 16.3 Å². The van der Waals surface area contributed by atoms with Crippen LogP contribution in [0.25, 0.3) is 0 Å². The van der Waals surface area contributed by atoms with Gasteiger partial charge < -0.3 is 15.0 Å². The molecule has 0 radical (unpaired) electrons. The standard InChI is InChI=1S/C23H27ClFN5O3/c1-5-17(8-6-11-24)15-30-21(28-22(31)29(23(30)32)13-7-12-26-4)27-18-9-10-20(19(25)14-18)33-16(2)3/h5-6,8-12,14,16H,1,7,13,15H2,2-4H3,(H,27,28,31)/b11-6+,17-8+,26-12?. The minimum absolute atomic E-state index is 0.0371. The maximum absolute atomic E-state index is 14.4. The first kappa shape index (κ1) is 25.8. The van der Waals surface area contributed by atoms with Crippen LogP contribution in [0.5, 0.6) is 5.75 Å². The fourth-order valence-corrected chi connectivity index (χ4v) is 2.93. The van der Waals surface area contributed by atoms with E-state index in [2.05, 4.69) is 21.9 Å². The molecule has 2 rings (SSSR count). The molecule has 0 aliphatic carbocycles. The third kappa shape index (κ3) is 7.28. The first-order valence-electron chi connectivity index (χ1n) is 10.2. The van der Waals surface area contributed by atoms with E-state index in [1.54, 1.807) is 51.4 Å². The van der Waals surface area contributed by atoms with Gasteiger partial charge in [0.15, 0.2) is 11.6 Å². The van der Waals surface area contributed by atoms with Crippen LogP contribution < -0.4 is 21.4 Å². The monoisotopic (exact) mass is 475 g/mol. The Morgan fingerprint density at radius 3 is 2.73 bits per heavy atom. The fourth-order valence-electron chi connectivity index (χ4n) is 2.86. The van der Waals surface area contributed by atoms with Gasteiger partial charge in [0.05, 0.1) is 12.6 Å². The van der Waals surface area contributed by atoms with Gasteiger partial charge in [-0.25, -0.2) is 18.5 Å². The van der Waals surface area contributed by atoms with Crippen molar-refractivity contribution in [3.8, 4) is 5.75 Å². The maximum atomic E-state index is 14.4. The van der Waals surface area contributed by atoms with Crippen LogP contribution in [0.3, 0.4) is 0 Å². The molecule has 0 unspecified atom stereocenters. The van der Waals surface area contributed by atoms with Crippen molar-refractivity contribution in [2.24, 2.45) is 4.99 Å². The van der Waals surface area contributed by atoms with Gasteiger partial charge in [0, 0.05) is 43.5 Å². The molecule has 0 bridgehead atoms. The number of anilines is 2. The van der Waals surface area contributed by atoms with E-state index in [1.165, 1.54) is 22.2 Å². The molecule has 10 heteroatoms. The topological polar surface area (TPSA) is 90.5 Å². The van der Waals surface area contributed by atoms with Gasteiger partial charge in [-0.2, -0.15) is 4.98 Å². The second-order valence-corrected chi connectivity index (χ2v) is 7.42. The Labute approximate surface area is 196 Å². The van der Waals surface area contributed by atoms with Crippen molar-refractivity contribution >= 4 is 29.5 Å². The molecule has 1 N–H and O–H groups in total. The summed E-state index contributed by atoms with van der Waals surface area (Å²) in [5.41, 5.74) is 0.951. The number of benzene rings is 1. The quantitative estimate of drug-likeness (QED) is 0.391. The van der Waals surface area contributed by atoms with E-state index in [0.29, 0.717) is 17.7 Å². The van der Waals surface area contributed by atoms with Crippen molar-refractivity contribution in [1.82, 2.24) is 14.1 Å². The van der Waals surface area contributed by atoms with Gasteiger partial charge in [0.2, 0.25) is 5.95 Å². The highest BCUT2D eigenvalue weighted by atomic mass is 35.5. The molecule has 176 valence electrons. The highest BCUT2D eigenvalue weighted by Crippen LogP contribution is 2.24. The zero-order chi connectivity index (χ0) is 24.4. The minimum atomic E-state index is -0.728. The van der Waals surface area contributed by atoms with Crippen molar-refractivity contribution in [3.63, 3.8) is 0 Å². The molecular formula is C23H27ClFN5O3. The van der Waals surface area contributed by atoms with E-state index in [-0.39, 0.29) is 30.9 Å². The van der Waals surface area contributed by atoms with Gasteiger partial charge in [-0.05, 0) is 31.6 Å². The van der Waals surface area contributed by atoms with Crippen molar-refractivity contribution in [3.05, 3.63) is 80.9 Å². The molecule has 0 amide bonds. The summed E-state index contributed by atoms with van der Waals surface area (Å²) in [7, 11) is 1.61. The Morgan fingerprint density at radius 2 is 2.12 bits per heavy atom. The third-order valence-corrected chi connectivity index (χ3v) is 4.50. The highest BCUT2D eigenvalue weighted by Gasteiger charge is 2.15. The summed E-state index contributed by atoms with van der Waals surface area (Å²) in [5, 5.41) is 2.87. The first-order chi connectivity index (χ1) is 15.8. The number of ether oxygens (including phenoxy) is 1. The van der Waals surface area contributed by atoms with Gasteiger partial charge in [-0.3, -0.25) is 4.57 Å². The average Bonchev–Trinajstić information content (AvgIpc) is 2.77. The van der Waals surface area contributed by atoms with Gasteiger partial charge in [-0.15, -0.1) is 0 Å². The van der Waals surface area contributed by atoms with Crippen molar-refractivity contribution in [2.45, 2.75) is 39.5 Å². The molecule has 1 aromatic heterocycles. The second-order valence-electron chi connectivity index (χ2n) is 7.17. The molecule has 0 aliphatic heterocycles. The summed E-state index contributed by atoms with van der Waals surface area (Å²) in [4.78, 5) is 33.6. The largest absolute Gasteiger partial charge is 0.488 e. The van der Waals surface area contributed by atoms with Crippen molar-refractivity contribution in [2.75, 3.05) is 12.4 Å². The smallest absolute Gasteiger partial charge is 0.354 e. The molecule has 0 spiro atoms. The van der Waals surface area contributed by atoms with Crippen LogP contribution in [0, 0.1) is 5.82 Å². The molecule has 33 heavy (non-hydrogen) atoms. The lowest BCUT2D eigenvalue weighted by atomic mass is 10.2. The molecule has 1 heterocycles. The molecule has 1 aromatic carbocycles. The van der Waals surface area contributed by atoms with Gasteiger partial charge in [0.25, 0.3) is 0 Å². The summed E-state index contributed by atoms with van der Waals surface area (Å²) in [5.74, 6) is -0.530. The number of nitrogens with zero attached hydrogens (tertiary/aromatic N) is 4. The molecule has 0 fully saturated rings. The lowest BCUT2D eigenvalue weighted by Gasteiger charge is -2.16. The molecule has 2 aromatic rings. The van der Waals surface area contributed by atoms with Crippen LogP contribution in [-0.4, -0.2) is 33.5 Å². The van der Waals surface area contributed by atoms with Crippen molar-refractivity contribution < 1.29 is 9.13 Å². The van der Waals surface area contributed by atoms with Crippen LogP contribution in [0.15, 0.2) is 68.7 Å². The van der Waals surface area contributed by atoms with Crippen LogP contribution in [-0.2, 0) is 13.1 Å². The molecule has 0 atom stereocenters. The second kappa shape index (κ2) is 12.5. The van der Waals surface area contributed by atoms with Crippen molar-refractivity contribution in [1.29, 1.82) is 0 Å². The average molecular weight is 476 g/mol. The normalized spacial score (nSPS) is 12.1. The lowest BCUT2D eigenvalue weighted by Crippen LogP contribution is -2.42. The number of hydrogen-bond acceptors (Lipinski definition) is 6. The predicted octanol–water partition coefficient (Wildman–Crippen LogP) is 4.03. The maximum Gasteiger partial charge on any atom is 0.354 e. The first-order valence-corrected chi connectivity index (χ1v) is 10.7. The van der Waals surface area contributed by atoms with Crippen LogP contribution >= 0.6 is 11.6 Å². The summed E-state index contributed by atoms with van der Waals surface area (Å²) in [6.07, 6.45) is 6.62. The Morgan fingerprint density at radius 1 is 1.36 bits per heavy atom. The predicted molar refractivity (Wildman–Crippen MR) is 131 cm³/mol. The SMILES string of the molecule is C=C/C(=C\C=C\Cl)Cn1c(Nc2ccc(OC(C)C)c(F)c2)nc(=O)n(CCC=NC)c1=O. The van der Waals surface area contributed by atoms with Gasteiger partial charge >= 0.3 is 11.4 Å². The third-order valence-electron chi connectivity index (χ3n) is 4.35. The van der Waals surface area contributed by atoms with Crippen LogP contribution in [0.1, 0.15) is 20.3 Å². The van der Waals surface area contributed by atoms with E-state index in [1.807, 2.05) is 0 Å². The van der Waals surface area contributed by atoms with E-state index < -0.39 is 17.2 Å². The summed E-state index contributed by atoms with van der Waals surface area (Å²) in [6.45, 7) is 7.50. The zero-order valence-electron chi connectivity index (χ0n) is 18.8. The summed E-state index contributed by atoms with van der Waals surface area (Å²) < 4.78 is 22.1. The van der Waals surface area contributed by atoms with E-state index >= 15 is 0 Å². The molecule has 0 aliphatic rings.